The standard InChI is InChI=1S/C21H17ClN4O2S/c1-12-2-4-13(5-3-12)10-24-20(27)18-16-11-29-19(23)17(16)21(28)26(25-18)15-8-6-14(22)7-9-15/h2-9,11H,10,23H2,1H3,(H,24,27). The summed E-state index contributed by atoms with van der Waals surface area (Å²) in [4.78, 5) is 25.9. The number of anilines is 1. The number of hydrogen-bond acceptors (Lipinski definition) is 5. The minimum absolute atomic E-state index is 0.148. The van der Waals surface area contributed by atoms with E-state index in [1.165, 1.54) is 16.0 Å². The SMILES string of the molecule is Cc1ccc(CNC(=O)c2nn(-c3ccc(Cl)cc3)c(=O)c3c(N)scc23)cc1. The van der Waals surface area contributed by atoms with E-state index < -0.39 is 0 Å². The summed E-state index contributed by atoms with van der Waals surface area (Å²) < 4.78 is 1.18. The van der Waals surface area contributed by atoms with Crippen LogP contribution in [0.5, 0.6) is 0 Å². The monoisotopic (exact) mass is 424 g/mol. The lowest BCUT2D eigenvalue weighted by Crippen LogP contribution is -2.29. The first-order chi connectivity index (χ1) is 13.9. The molecule has 2 aromatic heterocycles. The molecule has 0 saturated heterocycles. The van der Waals surface area contributed by atoms with Crippen LogP contribution in [-0.2, 0) is 6.54 Å². The third-order valence-corrected chi connectivity index (χ3v) is 5.60. The first kappa shape index (κ1) is 19.2. The van der Waals surface area contributed by atoms with E-state index in [2.05, 4.69) is 10.4 Å². The van der Waals surface area contributed by atoms with Gasteiger partial charge in [-0.1, -0.05) is 41.4 Å². The molecule has 0 radical (unpaired) electrons. The lowest BCUT2D eigenvalue weighted by molar-refractivity contribution is 0.0946. The van der Waals surface area contributed by atoms with E-state index >= 15 is 0 Å². The summed E-state index contributed by atoms with van der Waals surface area (Å²) in [5.41, 5.74) is 8.40. The van der Waals surface area contributed by atoms with Gasteiger partial charge in [0.1, 0.15) is 0 Å². The molecule has 3 N–H and O–H groups in total. The van der Waals surface area contributed by atoms with Crippen LogP contribution in [-0.4, -0.2) is 15.7 Å². The average Bonchev–Trinajstić information content (AvgIpc) is 3.11. The number of thiophene rings is 1. The fourth-order valence-electron chi connectivity index (χ4n) is 2.97. The molecule has 0 bridgehead atoms. The molecule has 0 saturated carbocycles. The third kappa shape index (κ3) is 3.74. The molecular weight excluding hydrogens is 408 g/mol. The van der Waals surface area contributed by atoms with Crippen molar-refractivity contribution in [2.24, 2.45) is 0 Å². The van der Waals surface area contributed by atoms with Crippen LogP contribution in [0.25, 0.3) is 16.5 Å². The zero-order chi connectivity index (χ0) is 20.5. The van der Waals surface area contributed by atoms with Gasteiger partial charge < -0.3 is 11.1 Å². The van der Waals surface area contributed by atoms with Gasteiger partial charge in [-0.25, -0.2) is 0 Å². The molecule has 146 valence electrons. The molecule has 0 unspecified atom stereocenters. The Morgan fingerprint density at radius 3 is 2.55 bits per heavy atom. The number of nitrogen functional groups attached to an aromatic ring is 1. The topological polar surface area (TPSA) is 90.0 Å². The molecule has 0 aliphatic rings. The van der Waals surface area contributed by atoms with Crippen LogP contribution in [0.3, 0.4) is 0 Å². The van der Waals surface area contributed by atoms with Gasteiger partial charge in [0.05, 0.1) is 16.1 Å². The third-order valence-electron chi connectivity index (χ3n) is 4.54. The summed E-state index contributed by atoms with van der Waals surface area (Å²) in [7, 11) is 0. The van der Waals surface area contributed by atoms with E-state index in [-0.39, 0.29) is 17.2 Å². The highest BCUT2D eigenvalue weighted by molar-refractivity contribution is 7.15. The summed E-state index contributed by atoms with van der Waals surface area (Å²) in [5, 5.41) is 10.5. The van der Waals surface area contributed by atoms with Crippen molar-refractivity contribution < 1.29 is 4.79 Å². The predicted octanol–water partition coefficient (Wildman–Crippen LogP) is 3.92. The largest absolute Gasteiger partial charge is 0.390 e. The molecule has 0 atom stereocenters. The van der Waals surface area contributed by atoms with Gasteiger partial charge in [-0.05, 0) is 36.8 Å². The van der Waals surface area contributed by atoms with Gasteiger partial charge in [-0.3, -0.25) is 9.59 Å². The van der Waals surface area contributed by atoms with Crippen molar-refractivity contribution in [3.8, 4) is 5.69 Å². The molecule has 2 heterocycles. The Morgan fingerprint density at radius 1 is 1.17 bits per heavy atom. The van der Waals surface area contributed by atoms with E-state index in [4.69, 9.17) is 17.3 Å². The Labute approximate surface area is 175 Å². The molecule has 8 heteroatoms. The molecule has 29 heavy (non-hydrogen) atoms. The number of nitrogens with two attached hydrogens (primary N) is 1. The molecule has 0 aliphatic carbocycles. The van der Waals surface area contributed by atoms with Crippen molar-refractivity contribution in [2.45, 2.75) is 13.5 Å². The van der Waals surface area contributed by atoms with E-state index in [9.17, 15) is 9.59 Å². The highest BCUT2D eigenvalue weighted by atomic mass is 35.5. The van der Waals surface area contributed by atoms with Gasteiger partial charge >= 0.3 is 0 Å². The highest BCUT2D eigenvalue weighted by Gasteiger charge is 2.20. The quantitative estimate of drug-likeness (QED) is 0.519. The van der Waals surface area contributed by atoms with E-state index in [1.807, 2.05) is 31.2 Å². The van der Waals surface area contributed by atoms with Crippen molar-refractivity contribution in [1.29, 1.82) is 0 Å². The number of aromatic nitrogens is 2. The summed E-state index contributed by atoms with van der Waals surface area (Å²) in [6.07, 6.45) is 0. The van der Waals surface area contributed by atoms with Gasteiger partial charge in [0, 0.05) is 22.3 Å². The number of fused-ring (bicyclic) bond motifs is 1. The summed E-state index contributed by atoms with van der Waals surface area (Å²) in [6.45, 7) is 2.35. The van der Waals surface area contributed by atoms with Crippen LogP contribution in [0.15, 0.2) is 58.7 Å². The maximum Gasteiger partial charge on any atom is 0.282 e. The number of hydrogen-bond donors (Lipinski definition) is 2. The Kier molecular flexibility index (Phi) is 5.08. The number of aryl methyl sites for hydroxylation is 1. The van der Waals surface area contributed by atoms with Crippen molar-refractivity contribution in [2.75, 3.05) is 5.73 Å². The van der Waals surface area contributed by atoms with Gasteiger partial charge in [-0.2, -0.15) is 9.78 Å². The maximum atomic E-state index is 12.9. The number of carbonyl (C=O) groups excluding carboxylic acids is 1. The number of nitrogens with zero attached hydrogens (tertiary/aromatic N) is 2. The molecule has 0 fully saturated rings. The average molecular weight is 425 g/mol. The molecule has 2 aromatic carbocycles. The molecule has 4 aromatic rings. The second kappa shape index (κ2) is 7.69. The zero-order valence-corrected chi connectivity index (χ0v) is 17.1. The molecule has 6 nitrogen and oxygen atoms in total. The highest BCUT2D eigenvalue weighted by Crippen LogP contribution is 2.27. The van der Waals surface area contributed by atoms with Crippen LogP contribution >= 0.6 is 22.9 Å². The number of halogens is 1. The second-order valence-electron chi connectivity index (χ2n) is 6.60. The molecule has 0 spiro atoms. The number of rotatable bonds is 4. The van der Waals surface area contributed by atoms with Gasteiger partial charge in [0.2, 0.25) is 0 Å². The first-order valence-corrected chi connectivity index (χ1v) is 10.1. The normalized spacial score (nSPS) is 11.0. The number of amides is 1. The lowest BCUT2D eigenvalue weighted by atomic mass is 10.1. The van der Waals surface area contributed by atoms with Crippen LogP contribution in [0, 0.1) is 6.92 Å². The van der Waals surface area contributed by atoms with Crippen LogP contribution in [0.1, 0.15) is 21.6 Å². The summed E-state index contributed by atoms with van der Waals surface area (Å²) in [5.74, 6) is -0.379. The lowest BCUT2D eigenvalue weighted by Gasteiger charge is -2.10. The number of nitrogens with one attached hydrogen (secondary N) is 1. The van der Waals surface area contributed by atoms with Gasteiger partial charge in [0.25, 0.3) is 11.5 Å². The minimum Gasteiger partial charge on any atom is -0.390 e. The van der Waals surface area contributed by atoms with Crippen molar-refractivity contribution in [3.05, 3.63) is 86.1 Å². The Hall–Kier alpha value is -3.16. The second-order valence-corrected chi connectivity index (χ2v) is 7.95. The molecule has 1 amide bonds. The smallest absolute Gasteiger partial charge is 0.282 e. The molecule has 0 aliphatic heterocycles. The van der Waals surface area contributed by atoms with E-state index in [0.717, 1.165) is 11.1 Å². The predicted molar refractivity (Wildman–Crippen MR) is 117 cm³/mol. The Morgan fingerprint density at radius 2 is 1.86 bits per heavy atom. The summed E-state index contributed by atoms with van der Waals surface area (Å²) >= 11 is 7.15. The van der Waals surface area contributed by atoms with Crippen molar-refractivity contribution >= 4 is 44.6 Å². The van der Waals surface area contributed by atoms with Crippen LogP contribution in [0.2, 0.25) is 5.02 Å². The van der Waals surface area contributed by atoms with E-state index in [1.54, 1.807) is 29.6 Å². The van der Waals surface area contributed by atoms with Gasteiger partial charge in [0.15, 0.2) is 5.69 Å². The minimum atomic E-state index is -0.379. The van der Waals surface area contributed by atoms with Crippen molar-refractivity contribution in [3.63, 3.8) is 0 Å². The maximum absolute atomic E-state index is 12.9. The van der Waals surface area contributed by atoms with E-state index in [0.29, 0.717) is 33.0 Å². The van der Waals surface area contributed by atoms with Gasteiger partial charge in [-0.15, -0.1) is 11.3 Å². The Bertz CT molecular complexity index is 1260. The summed E-state index contributed by atoms with van der Waals surface area (Å²) in [6, 6.07) is 14.5. The zero-order valence-electron chi connectivity index (χ0n) is 15.5. The number of carbonyl (C=O) groups is 1. The van der Waals surface area contributed by atoms with Crippen LogP contribution in [0.4, 0.5) is 5.00 Å². The number of benzene rings is 2. The van der Waals surface area contributed by atoms with Crippen molar-refractivity contribution in [1.82, 2.24) is 15.1 Å². The fraction of sp³-hybridized carbons (Fsp3) is 0.0952. The van der Waals surface area contributed by atoms with Crippen LogP contribution < -0.4 is 16.6 Å². The molecule has 4 rings (SSSR count). The molecular formula is C21H17ClN4O2S. The Balaban J connectivity index is 1.75. The first-order valence-electron chi connectivity index (χ1n) is 8.84. The fourth-order valence-corrected chi connectivity index (χ4v) is 3.89.